The van der Waals surface area contributed by atoms with Gasteiger partial charge in [0.05, 0.1) is 12.6 Å². The summed E-state index contributed by atoms with van der Waals surface area (Å²) >= 11 is 5.32. The molecular formula is C10H14BrN3S. The van der Waals surface area contributed by atoms with E-state index in [1.54, 1.807) is 11.3 Å². The highest BCUT2D eigenvalue weighted by Crippen LogP contribution is 2.35. The van der Waals surface area contributed by atoms with E-state index in [4.69, 9.17) is 5.73 Å². The first kappa shape index (κ1) is 11.0. The van der Waals surface area contributed by atoms with Crippen molar-refractivity contribution in [3.8, 4) is 0 Å². The first-order valence-electron chi connectivity index (χ1n) is 4.92. The fourth-order valence-electron chi connectivity index (χ4n) is 1.89. The first-order chi connectivity index (χ1) is 7.11. The molecule has 0 spiro atoms. The van der Waals surface area contributed by atoms with Crippen LogP contribution in [0.1, 0.15) is 24.8 Å². The van der Waals surface area contributed by atoms with E-state index in [9.17, 15) is 0 Å². The van der Waals surface area contributed by atoms with Gasteiger partial charge in [0.1, 0.15) is 0 Å². The monoisotopic (exact) mass is 287 g/mol. The number of thiophene rings is 1. The van der Waals surface area contributed by atoms with Gasteiger partial charge in [-0.05, 0) is 41.2 Å². The first-order valence-corrected chi connectivity index (χ1v) is 6.59. The van der Waals surface area contributed by atoms with E-state index in [-0.39, 0.29) is 0 Å². The third kappa shape index (κ3) is 1.90. The van der Waals surface area contributed by atoms with E-state index in [1.165, 1.54) is 4.88 Å². The second kappa shape index (κ2) is 4.14. The van der Waals surface area contributed by atoms with Crippen LogP contribution in [0.2, 0.25) is 0 Å². The fraction of sp³-hybridized carbons (Fsp3) is 0.500. The number of nitrogens with two attached hydrogens (primary N) is 1. The van der Waals surface area contributed by atoms with Crippen LogP contribution in [0.15, 0.2) is 20.9 Å². The number of guanidine groups is 1. The maximum absolute atomic E-state index is 5.89. The topological polar surface area (TPSA) is 41.6 Å². The number of aliphatic imine (C=N–C) groups is 1. The van der Waals surface area contributed by atoms with E-state index in [0.29, 0.717) is 18.0 Å². The minimum atomic E-state index is 0.305. The van der Waals surface area contributed by atoms with Crippen molar-refractivity contribution in [3.63, 3.8) is 0 Å². The summed E-state index contributed by atoms with van der Waals surface area (Å²) in [5.74, 6) is 0.662. The van der Waals surface area contributed by atoms with Crippen molar-refractivity contribution in [3.05, 3.63) is 20.8 Å². The van der Waals surface area contributed by atoms with Crippen LogP contribution in [-0.2, 0) is 0 Å². The number of hydrogen-bond acceptors (Lipinski definition) is 4. The quantitative estimate of drug-likeness (QED) is 0.908. The average Bonchev–Trinajstić information content (AvgIpc) is 2.71. The second-order valence-corrected chi connectivity index (χ2v) is 5.65. The Morgan fingerprint density at radius 2 is 2.40 bits per heavy atom. The Morgan fingerprint density at radius 1 is 1.67 bits per heavy atom. The molecule has 1 atom stereocenters. The molecule has 5 heteroatoms. The highest BCUT2D eigenvalue weighted by atomic mass is 79.9. The van der Waals surface area contributed by atoms with Crippen molar-refractivity contribution >= 4 is 33.2 Å². The zero-order valence-corrected chi connectivity index (χ0v) is 11.2. The van der Waals surface area contributed by atoms with Gasteiger partial charge in [0, 0.05) is 15.4 Å². The molecule has 2 heterocycles. The van der Waals surface area contributed by atoms with Gasteiger partial charge < -0.3 is 10.6 Å². The van der Waals surface area contributed by atoms with Crippen molar-refractivity contribution in [1.29, 1.82) is 0 Å². The molecule has 15 heavy (non-hydrogen) atoms. The molecule has 3 nitrogen and oxygen atoms in total. The van der Waals surface area contributed by atoms with Crippen molar-refractivity contribution in [2.45, 2.75) is 25.9 Å². The zero-order chi connectivity index (χ0) is 11.0. The Hall–Kier alpha value is -0.550. The maximum Gasteiger partial charge on any atom is 0.192 e. The van der Waals surface area contributed by atoms with Gasteiger partial charge in [0.15, 0.2) is 5.96 Å². The summed E-state index contributed by atoms with van der Waals surface area (Å²) in [5.41, 5.74) is 5.89. The minimum absolute atomic E-state index is 0.305. The van der Waals surface area contributed by atoms with Crippen LogP contribution in [0.3, 0.4) is 0 Å². The number of nitrogens with zero attached hydrogens (tertiary/aromatic N) is 2. The Bertz CT molecular complexity index is 386. The SMILES string of the molecule is CC(C)N1C(N)=NCC1c1sccc1Br. The Kier molecular flexibility index (Phi) is 3.02. The molecule has 0 fully saturated rings. The van der Waals surface area contributed by atoms with Crippen LogP contribution in [0.4, 0.5) is 0 Å². The lowest BCUT2D eigenvalue weighted by molar-refractivity contribution is 0.293. The molecule has 1 aliphatic heterocycles. The molecule has 1 aliphatic rings. The highest BCUT2D eigenvalue weighted by molar-refractivity contribution is 9.10. The Morgan fingerprint density at radius 3 is 2.93 bits per heavy atom. The summed E-state index contributed by atoms with van der Waals surface area (Å²) in [7, 11) is 0. The van der Waals surface area contributed by atoms with Gasteiger partial charge >= 0.3 is 0 Å². The minimum Gasteiger partial charge on any atom is -0.370 e. The molecule has 0 bridgehead atoms. The molecule has 2 rings (SSSR count). The predicted molar refractivity (Wildman–Crippen MR) is 68.2 cm³/mol. The third-order valence-corrected chi connectivity index (χ3v) is 4.50. The molecule has 0 radical (unpaired) electrons. The summed E-state index contributed by atoms with van der Waals surface area (Å²) < 4.78 is 1.16. The predicted octanol–water partition coefficient (Wildman–Crippen LogP) is 2.59. The molecule has 2 N–H and O–H groups in total. The molecule has 1 aromatic heterocycles. The number of hydrogen-bond donors (Lipinski definition) is 1. The molecule has 0 amide bonds. The lowest BCUT2D eigenvalue weighted by Gasteiger charge is -2.29. The summed E-state index contributed by atoms with van der Waals surface area (Å²) in [6.07, 6.45) is 0. The molecule has 0 saturated heterocycles. The van der Waals surface area contributed by atoms with Gasteiger partial charge in [0.2, 0.25) is 0 Å². The van der Waals surface area contributed by atoms with Gasteiger partial charge in [-0.3, -0.25) is 4.99 Å². The molecule has 0 aromatic carbocycles. The van der Waals surface area contributed by atoms with E-state index < -0.39 is 0 Å². The standard InChI is InChI=1S/C10H14BrN3S/c1-6(2)14-8(5-13-10(14)12)9-7(11)3-4-15-9/h3-4,6,8H,5H2,1-2H3,(H2,12,13). The van der Waals surface area contributed by atoms with Gasteiger partial charge in [-0.2, -0.15) is 0 Å². The molecule has 1 unspecified atom stereocenters. The van der Waals surface area contributed by atoms with E-state index in [1.807, 2.05) is 0 Å². The van der Waals surface area contributed by atoms with Crippen molar-refractivity contribution in [2.75, 3.05) is 6.54 Å². The summed E-state index contributed by atoms with van der Waals surface area (Å²) in [4.78, 5) is 7.81. The smallest absolute Gasteiger partial charge is 0.192 e. The molecule has 82 valence electrons. The normalized spacial score (nSPS) is 21.2. The van der Waals surface area contributed by atoms with Gasteiger partial charge in [-0.1, -0.05) is 0 Å². The number of halogens is 1. The zero-order valence-electron chi connectivity index (χ0n) is 8.77. The van der Waals surface area contributed by atoms with Gasteiger partial charge in [-0.25, -0.2) is 0 Å². The lowest BCUT2D eigenvalue weighted by atomic mass is 10.2. The third-order valence-electron chi connectivity index (χ3n) is 2.53. The van der Waals surface area contributed by atoms with Gasteiger partial charge in [0.25, 0.3) is 0 Å². The van der Waals surface area contributed by atoms with Crippen molar-refractivity contribution in [2.24, 2.45) is 10.7 Å². The van der Waals surface area contributed by atoms with E-state index in [2.05, 4.69) is 51.1 Å². The summed E-state index contributed by atoms with van der Waals surface area (Å²) in [5, 5.41) is 2.09. The lowest BCUT2D eigenvalue weighted by Crippen LogP contribution is -2.40. The molecule has 0 saturated carbocycles. The van der Waals surface area contributed by atoms with Crippen molar-refractivity contribution in [1.82, 2.24) is 4.90 Å². The summed E-state index contributed by atoms with van der Waals surface area (Å²) in [6, 6.07) is 2.77. The van der Waals surface area contributed by atoms with Crippen LogP contribution in [0, 0.1) is 0 Å². The summed E-state index contributed by atoms with van der Waals surface area (Å²) in [6.45, 7) is 5.05. The molecule has 1 aromatic rings. The second-order valence-electron chi connectivity index (χ2n) is 3.85. The molecular weight excluding hydrogens is 274 g/mol. The number of rotatable bonds is 2. The highest BCUT2D eigenvalue weighted by Gasteiger charge is 2.31. The van der Waals surface area contributed by atoms with Crippen LogP contribution in [-0.4, -0.2) is 23.4 Å². The van der Waals surface area contributed by atoms with Crippen LogP contribution < -0.4 is 5.73 Å². The van der Waals surface area contributed by atoms with Gasteiger partial charge in [-0.15, -0.1) is 11.3 Å². The van der Waals surface area contributed by atoms with E-state index >= 15 is 0 Å². The Balaban J connectivity index is 2.29. The van der Waals surface area contributed by atoms with Crippen molar-refractivity contribution < 1.29 is 0 Å². The maximum atomic E-state index is 5.89. The van der Waals surface area contributed by atoms with E-state index in [0.717, 1.165) is 11.0 Å². The van der Waals surface area contributed by atoms with Crippen LogP contribution in [0.25, 0.3) is 0 Å². The molecule has 0 aliphatic carbocycles. The Labute approximate surface area is 102 Å². The largest absolute Gasteiger partial charge is 0.370 e. The van der Waals surface area contributed by atoms with Crippen LogP contribution in [0.5, 0.6) is 0 Å². The fourth-order valence-corrected chi connectivity index (χ4v) is 3.61. The average molecular weight is 288 g/mol. The van der Waals surface area contributed by atoms with Crippen LogP contribution >= 0.6 is 27.3 Å².